The molecule has 0 saturated carbocycles. The summed E-state index contributed by atoms with van der Waals surface area (Å²) in [5.74, 6) is -0.868. The molecular formula is C17H14Cl2O4. The van der Waals surface area contributed by atoms with Gasteiger partial charge in [-0.15, -0.1) is 0 Å². The number of carbonyl (C=O) groups excluding carboxylic acids is 2. The van der Waals surface area contributed by atoms with Crippen molar-refractivity contribution < 1.29 is 19.1 Å². The Morgan fingerprint density at radius 2 is 1.57 bits per heavy atom. The standard InChI is InChI=1S/C17H14Cl2O4/c1-2-6-22-16(20)11-4-3-5-12(7-11)17(21)23-15-9-13(18)8-14(19)10-15/h3-5,7-10H,2,6H2,1H3. The van der Waals surface area contributed by atoms with Crippen LogP contribution >= 0.6 is 23.2 Å². The van der Waals surface area contributed by atoms with Crippen molar-refractivity contribution in [2.45, 2.75) is 13.3 Å². The lowest BCUT2D eigenvalue weighted by Crippen LogP contribution is -2.11. The predicted molar refractivity (Wildman–Crippen MR) is 88.4 cm³/mol. The minimum Gasteiger partial charge on any atom is -0.462 e. The highest BCUT2D eigenvalue weighted by Crippen LogP contribution is 2.25. The summed E-state index contributed by atoms with van der Waals surface area (Å²) in [5.41, 5.74) is 0.518. The van der Waals surface area contributed by atoms with Crippen LogP contribution in [0.5, 0.6) is 5.75 Å². The van der Waals surface area contributed by atoms with Gasteiger partial charge < -0.3 is 9.47 Å². The summed E-state index contributed by atoms with van der Waals surface area (Å²) in [4.78, 5) is 24.0. The molecule has 2 aromatic carbocycles. The summed E-state index contributed by atoms with van der Waals surface area (Å²) in [6, 6.07) is 10.6. The van der Waals surface area contributed by atoms with E-state index in [9.17, 15) is 9.59 Å². The molecule has 0 aliphatic carbocycles. The second-order valence-electron chi connectivity index (χ2n) is 4.71. The minimum absolute atomic E-state index is 0.228. The van der Waals surface area contributed by atoms with E-state index in [4.69, 9.17) is 32.7 Å². The maximum absolute atomic E-state index is 12.2. The molecule has 0 radical (unpaired) electrons. The number of ether oxygens (including phenoxy) is 2. The van der Waals surface area contributed by atoms with E-state index in [0.29, 0.717) is 16.7 Å². The van der Waals surface area contributed by atoms with Gasteiger partial charge in [0.15, 0.2) is 0 Å². The van der Waals surface area contributed by atoms with Crippen LogP contribution in [0.2, 0.25) is 10.0 Å². The number of rotatable bonds is 5. The third-order valence-electron chi connectivity index (χ3n) is 2.82. The van der Waals surface area contributed by atoms with Crippen LogP contribution in [0.1, 0.15) is 34.1 Å². The Hall–Kier alpha value is -2.04. The first-order valence-corrected chi connectivity index (χ1v) is 7.70. The molecule has 4 nitrogen and oxygen atoms in total. The van der Waals surface area contributed by atoms with Gasteiger partial charge in [-0.3, -0.25) is 0 Å². The molecular weight excluding hydrogens is 339 g/mol. The fourth-order valence-electron chi connectivity index (χ4n) is 1.80. The van der Waals surface area contributed by atoms with Gasteiger partial charge in [0.25, 0.3) is 0 Å². The smallest absolute Gasteiger partial charge is 0.343 e. The first-order valence-electron chi connectivity index (χ1n) is 6.95. The van der Waals surface area contributed by atoms with Gasteiger partial charge in [-0.05, 0) is 42.8 Å². The van der Waals surface area contributed by atoms with E-state index in [1.54, 1.807) is 18.2 Å². The Balaban J connectivity index is 2.14. The molecule has 0 bridgehead atoms. The second-order valence-corrected chi connectivity index (χ2v) is 5.58. The van der Waals surface area contributed by atoms with Crippen LogP contribution in [0.15, 0.2) is 42.5 Å². The van der Waals surface area contributed by atoms with Crippen LogP contribution in [0.3, 0.4) is 0 Å². The Morgan fingerprint density at radius 1 is 0.957 bits per heavy atom. The van der Waals surface area contributed by atoms with Gasteiger partial charge in [0, 0.05) is 10.0 Å². The number of benzene rings is 2. The summed E-state index contributed by atoms with van der Waals surface area (Å²) < 4.78 is 10.3. The Bertz CT molecular complexity index is 708. The van der Waals surface area contributed by atoms with E-state index < -0.39 is 11.9 Å². The zero-order chi connectivity index (χ0) is 16.8. The normalized spacial score (nSPS) is 10.2. The lowest BCUT2D eigenvalue weighted by Gasteiger charge is -2.07. The Morgan fingerprint density at radius 3 is 2.17 bits per heavy atom. The maximum Gasteiger partial charge on any atom is 0.343 e. The summed E-state index contributed by atoms with van der Waals surface area (Å²) in [6.07, 6.45) is 0.725. The van der Waals surface area contributed by atoms with E-state index in [2.05, 4.69) is 0 Å². The summed E-state index contributed by atoms with van der Waals surface area (Å²) >= 11 is 11.7. The van der Waals surface area contributed by atoms with Crippen molar-refractivity contribution in [2.24, 2.45) is 0 Å². The summed E-state index contributed by atoms with van der Waals surface area (Å²) in [6.45, 7) is 2.23. The van der Waals surface area contributed by atoms with Gasteiger partial charge in [0.1, 0.15) is 5.75 Å². The van der Waals surface area contributed by atoms with Crippen molar-refractivity contribution in [2.75, 3.05) is 6.61 Å². The lowest BCUT2D eigenvalue weighted by molar-refractivity contribution is 0.0505. The average molecular weight is 353 g/mol. The van der Waals surface area contributed by atoms with Crippen molar-refractivity contribution in [1.29, 1.82) is 0 Å². The van der Waals surface area contributed by atoms with E-state index in [0.717, 1.165) is 6.42 Å². The third kappa shape index (κ3) is 4.98. The zero-order valence-electron chi connectivity index (χ0n) is 12.3. The quantitative estimate of drug-likeness (QED) is 0.573. The van der Waals surface area contributed by atoms with Gasteiger partial charge >= 0.3 is 11.9 Å². The van der Waals surface area contributed by atoms with Crippen LogP contribution in [0.25, 0.3) is 0 Å². The van der Waals surface area contributed by atoms with E-state index >= 15 is 0 Å². The number of hydrogen-bond donors (Lipinski definition) is 0. The number of hydrogen-bond acceptors (Lipinski definition) is 4. The van der Waals surface area contributed by atoms with Crippen LogP contribution in [0, 0.1) is 0 Å². The molecule has 2 aromatic rings. The molecule has 6 heteroatoms. The molecule has 0 N–H and O–H groups in total. The van der Waals surface area contributed by atoms with Crippen molar-refractivity contribution in [1.82, 2.24) is 0 Å². The Labute approximate surface area is 143 Å². The molecule has 0 fully saturated rings. The van der Waals surface area contributed by atoms with E-state index in [-0.39, 0.29) is 16.9 Å². The number of carbonyl (C=O) groups is 2. The highest BCUT2D eigenvalue weighted by Gasteiger charge is 2.13. The maximum atomic E-state index is 12.2. The molecule has 0 heterocycles. The zero-order valence-corrected chi connectivity index (χ0v) is 13.9. The van der Waals surface area contributed by atoms with Crippen LogP contribution in [0.4, 0.5) is 0 Å². The fraction of sp³-hybridized carbons (Fsp3) is 0.176. The predicted octanol–water partition coefficient (Wildman–Crippen LogP) is 4.78. The van der Waals surface area contributed by atoms with Gasteiger partial charge in [0.05, 0.1) is 17.7 Å². The topological polar surface area (TPSA) is 52.6 Å². The van der Waals surface area contributed by atoms with E-state index in [1.807, 2.05) is 6.92 Å². The number of halogens is 2. The van der Waals surface area contributed by atoms with Crippen LogP contribution < -0.4 is 4.74 Å². The molecule has 0 aromatic heterocycles. The molecule has 2 rings (SSSR count). The number of esters is 2. The first kappa shape index (κ1) is 17.3. The molecule has 23 heavy (non-hydrogen) atoms. The highest BCUT2D eigenvalue weighted by atomic mass is 35.5. The molecule has 0 amide bonds. The van der Waals surface area contributed by atoms with Gasteiger partial charge in [-0.1, -0.05) is 36.2 Å². The van der Waals surface area contributed by atoms with Crippen molar-refractivity contribution in [3.8, 4) is 5.75 Å². The molecule has 120 valence electrons. The second kappa shape index (κ2) is 7.99. The molecule has 0 unspecified atom stereocenters. The molecule has 0 spiro atoms. The van der Waals surface area contributed by atoms with Crippen molar-refractivity contribution in [3.63, 3.8) is 0 Å². The minimum atomic E-state index is -0.617. The van der Waals surface area contributed by atoms with E-state index in [1.165, 1.54) is 24.3 Å². The fourth-order valence-corrected chi connectivity index (χ4v) is 2.31. The lowest BCUT2D eigenvalue weighted by atomic mass is 10.1. The molecule has 0 aliphatic rings. The van der Waals surface area contributed by atoms with Crippen LogP contribution in [-0.4, -0.2) is 18.5 Å². The third-order valence-corrected chi connectivity index (χ3v) is 3.25. The SMILES string of the molecule is CCCOC(=O)c1cccc(C(=O)Oc2cc(Cl)cc(Cl)c2)c1. The van der Waals surface area contributed by atoms with Gasteiger partial charge in [0.2, 0.25) is 0 Å². The first-order chi connectivity index (χ1) is 11.0. The molecule has 0 atom stereocenters. The van der Waals surface area contributed by atoms with Crippen molar-refractivity contribution >= 4 is 35.1 Å². The summed E-state index contributed by atoms with van der Waals surface area (Å²) in [7, 11) is 0. The van der Waals surface area contributed by atoms with Crippen LogP contribution in [-0.2, 0) is 4.74 Å². The molecule has 0 aliphatic heterocycles. The molecule has 0 saturated heterocycles. The largest absolute Gasteiger partial charge is 0.462 e. The average Bonchev–Trinajstić information content (AvgIpc) is 2.51. The van der Waals surface area contributed by atoms with Gasteiger partial charge in [-0.2, -0.15) is 0 Å². The monoisotopic (exact) mass is 352 g/mol. The van der Waals surface area contributed by atoms with Gasteiger partial charge in [-0.25, -0.2) is 9.59 Å². The Kier molecular flexibility index (Phi) is 6.02. The van der Waals surface area contributed by atoms with Crippen molar-refractivity contribution in [3.05, 3.63) is 63.6 Å². The summed E-state index contributed by atoms with van der Waals surface area (Å²) in [5, 5.41) is 0.717. The highest BCUT2D eigenvalue weighted by molar-refractivity contribution is 6.34.